The third-order valence-electron chi connectivity index (χ3n) is 7.93. The number of β-lactam (4-membered cyclic amide) rings is 1. The van der Waals surface area contributed by atoms with Crippen LogP contribution < -0.4 is 11.1 Å². The first-order valence-corrected chi connectivity index (χ1v) is 15.3. The second-order valence-corrected chi connectivity index (χ2v) is 12.3. The molecule has 1 aromatic heterocycles. The second-order valence-electron chi connectivity index (χ2n) is 10.6. The van der Waals surface area contributed by atoms with Crippen LogP contribution in [-0.2, 0) is 24.8 Å². The van der Waals surface area contributed by atoms with E-state index < -0.39 is 35.5 Å². The van der Waals surface area contributed by atoms with Crippen LogP contribution in [-0.4, -0.2) is 50.6 Å². The van der Waals surface area contributed by atoms with E-state index in [1.165, 1.54) is 11.3 Å². The number of aryl methyl sites for hydroxylation is 1. The fourth-order valence-corrected chi connectivity index (χ4v) is 6.82. The highest BCUT2D eigenvalue weighted by Gasteiger charge is 2.53. The number of anilines is 1. The Kier molecular flexibility index (Phi) is 8.13. The summed E-state index contributed by atoms with van der Waals surface area (Å²) in [7, 11) is 0. The van der Waals surface area contributed by atoms with Crippen molar-refractivity contribution in [2.24, 2.45) is 5.16 Å². The molecule has 3 heterocycles. The fraction of sp³-hybridized carbons (Fsp3) is 0.182. The summed E-state index contributed by atoms with van der Waals surface area (Å²) in [5.41, 5.74) is 6.79. The van der Waals surface area contributed by atoms with Crippen LogP contribution in [0.2, 0.25) is 0 Å². The molecule has 2 amide bonds. The zero-order valence-electron chi connectivity index (χ0n) is 24.0. The van der Waals surface area contributed by atoms with Gasteiger partial charge in [-0.3, -0.25) is 14.5 Å². The smallest absolute Gasteiger partial charge is 0.353 e. The number of nitrogen functional groups attached to an aromatic ring is 1. The summed E-state index contributed by atoms with van der Waals surface area (Å²) in [5, 5.41) is 17.2. The van der Waals surface area contributed by atoms with E-state index in [1.54, 1.807) is 6.92 Å². The van der Waals surface area contributed by atoms with E-state index in [-0.39, 0.29) is 33.7 Å². The summed E-state index contributed by atoms with van der Waals surface area (Å²) in [5.74, 6) is -2.60. The number of fused-ring (bicyclic) bond motifs is 1. The van der Waals surface area contributed by atoms with Gasteiger partial charge < -0.3 is 21.0 Å². The molecule has 2 aliphatic heterocycles. The highest BCUT2D eigenvalue weighted by atomic mass is 35.5. The number of carbonyl (C=O) groups excluding carboxylic acids is 2. The number of rotatable bonds is 9. The largest absolute Gasteiger partial charge is 0.477 e. The zero-order chi connectivity index (χ0) is 31.7. The number of nitrogens with zero attached hydrogens (tertiary/aromatic N) is 3. The van der Waals surface area contributed by atoms with Gasteiger partial charge in [-0.2, -0.15) is 0 Å². The number of aliphatic carboxylic acids is 1. The molecule has 1 fully saturated rings. The van der Waals surface area contributed by atoms with Crippen LogP contribution in [0.4, 0.5) is 5.13 Å². The lowest BCUT2D eigenvalue weighted by molar-refractivity contribution is -0.155. The number of oxime groups is 1. The van der Waals surface area contributed by atoms with Gasteiger partial charge in [0, 0.05) is 26.6 Å². The number of amides is 2. The Morgan fingerprint density at radius 2 is 1.56 bits per heavy atom. The third-order valence-corrected chi connectivity index (χ3v) is 9.10. The average molecular weight is 642 g/mol. The lowest BCUT2D eigenvalue weighted by Crippen LogP contribution is -2.72. The Labute approximate surface area is 267 Å². The maximum Gasteiger partial charge on any atom is 0.353 e. The number of halogens is 1. The zero-order valence-corrected chi connectivity index (χ0v) is 25.6. The summed E-state index contributed by atoms with van der Waals surface area (Å²) in [4.78, 5) is 51.7. The van der Waals surface area contributed by atoms with Crippen LogP contribution in [0.15, 0.2) is 107 Å². The number of carboxylic acid groups (broad SMARTS) is 1. The Morgan fingerprint density at radius 1 is 1.02 bits per heavy atom. The molecule has 45 heavy (non-hydrogen) atoms. The van der Waals surface area contributed by atoms with Crippen molar-refractivity contribution in [2.75, 3.05) is 5.73 Å². The van der Waals surface area contributed by atoms with E-state index in [0.717, 1.165) is 21.6 Å². The Morgan fingerprint density at radius 3 is 2.02 bits per heavy atom. The van der Waals surface area contributed by atoms with E-state index in [0.29, 0.717) is 11.3 Å². The second kappa shape index (κ2) is 12.2. The van der Waals surface area contributed by atoms with Gasteiger partial charge in [0.25, 0.3) is 11.8 Å². The molecule has 12 heteroatoms. The minimum absolute atomic E-state index is 0.0974. The van der Waals surface area contributed by atoms with Crippen molar-refractivity contribution in [3.63, 3.8) is 0 Å². The lowest BCUT2D eigenvalue weighted by Gasteiger charge is -2.49. The summed E-state index contributed by atoms with van der Waals surface area (Å²) < 4.78 is 0. The van der Waals surface area contributed by atoms with Gasteiger partial charge in [0.2, 0.25) is 5.60 Å². The van der Waals surface area contributed by atoms with E-state index >= 15 is 0 Å². The van der Waals surface area contributed by atoms with Gasteiger partial charge in [-0.25, -0.2) is 9.78 Å². The molecule has 1 saturated heterocycles. The summed E-state index contributed by atoms with van der Waals surface area (Å²) in [6.45, 7) is 1.76. The number of carbonyl (C=O) groups is 3. The van der Waals surface area contributed by atoms with Gasteiger partial charge in [0.15, 0.2) is 10.8 Å². The van der Waals surface area contributed by atoms with E-state index in [9.17, 15) is 19.5 Å². The highest BCUT2D eigenvalue weighted by Crippen LogP contribution is 2.41. The molecule has 0 aliphatic carbocycles. The van der Waals surface area contributed by atoms with Gasteiger partial charge in [-0.05, 0) is 19.8 Å². The van der Waals surface area contributed by atoms with E-state index in [1.807, 2.05) is 91.0 Å². The van der Waals surface area contributed by atoms with E-state index in [4.69, 9.17) is 22.2 Å². The third kappa shape index (κ3) is 5.34. The topological polar surface area (TPSA) is 147 Å². The molecule has 0 bridgehead atoms. The van der Waals surface area contributed by atoms with Crippen molar-refractivity contribution in [3.8, 4) is 0 Å². The van der Waals surface area contributed by atoms with Gasteiger partial charge >= 0.3 is 5.97 Å². The average Bonchev–Trinajstić information content (AvgIpc) is 3.39. The highest BCUT2D eigenvalue weighted by molar-refractivity contribution is 7.15. The van der Waals surface area contributed by atoms with Gasteiger partial charge in [0.05, 0.1) is 6.04 Å². The molecule has 4 N–H and O–H groups in total. The normalized spacial score (nSPS) is 18.2. The number of hydrogen-bond donors (Lipinski definition) is 3. The minimum Gasteiger partial charge on any atom is -0.477 e. The molecular formula is C33H28ClN5O5S. The number of allylic oxidation sites excluding steroid dienone is 1. The van der Waals surface area contributed by atoms with Gasteiger partial charge in [-0.15, -0.1) is 11.3 Å². The number of carboxylic acids is 1. The Bertz CT molecular complexity index is 1730. The van der Waals surface area contributed by atoms with Crippen molar-refractivity contribution in [1.29, 1.82) is 0 Å². The number of aromatic nitrogens is 1. The predicted octanol–water partition coefficient (Wildman–Crippen LogP) is 4.77. The molecule has 0 saturated carbocycles. The van der Waals surface area contributed by atoms with Crippen molar-refractivity contribution < 1.29 is 24.3 Å². The van der Waals surface area contributed by atoms with Crippen LogP contribution in [0.1, 0.15) is 40.1 Å². The minimum atomic E-state index is -1.30. The fourth-order valence-electron chi connectivity index (χ4n) is 5.85. The molecule has 2 aliphatic rings. The lowest BCUT2D eigenvalue weighted by atomic mass is 9.80. The number of hydrogen-bond acceptors (Lipinski definition) is 8. The monoisotopic (exact) mass is 641 g/mol. The standard InChI is InChI=1S/C33H28ClN5O5S/c1-19-25(37-32(35)45-19)27(29(40)36-26-24-18-17-23(34)28(31(42)43)39(24)30(26)41)38-44-33(20-11-5-2-6-12-20,21-13-7-3-8-14-21)22-15-9-4-10-16-22/h2-16,24,26H,17-18H2,1H3,(H2,35,37)(H,36,40)(H,42,43)/t24?,26-/m1/s1. The van der Waals surface area contributed by atoms with Gasteiger partial charge in [0.1, 0.15) is 17.4 Å². The molecule has 10 nitrogen and oxygen atoms in total. The maximum absolute atomic E-state index is 14.0. The Hall–Kier alpha value is -5.00. The summed E-state index contributed by atoms with van der Waals surface area (Å²) in [6.07, 6.45) is 0.653. The molecule has 2 atom stereocenters. The number of thiazole rings is 1. The van der Waals surface area contributed by atoms with Crippen LogP contribution in [0.25, 0.3) is 0 Å². The number of nitrogens with one attached hydrogen (secondary N) is 1. The first-order chi connectivity index (χ1) is 21.7. The van der Waals surface area contributed by atoms with Crippen molar-refractivity contribution in [1.82, 2.24) is 15.2 Å². The number of nitrogens with two attached hydrogens (primary N) is 1. The molecule has 0 radical (unpaired) electrons. The predicted molar refractivity (Wildman–Crippen MR) is 170 cm³/mol. The van der Waals surface area contributed by atoms with Crippen molar-refractivity contribution in [2.45, 2.75) is 37.5 Å². The molecule has 3 aromatic carbocycles. The van der Waals surface area contributed by atoms with Crippen molar-refractivity contribution >= 4 is 51.6 Å². The molecule has 6 rings (SSSR count). The van der Waals surface area contributed by atoms with Crippen LogP contribution in [0.3, 0.4) is 0 Å². The van der Waals surface area contributed by atoms with Crippen LogP contribution in [0.5, 0.6) is 0 Å². The molecule has 0 spiro atoms. The number of benzene rings is 3. The molecule has 228 valence electrons. The molecular weight excluding hydrogens is 614 g/mol. The quantitative estimate of drug-likeness (QED) is 0.103. The first-order valence-electron chi connectivity index (χ1n) is 14.1. The maximum atomic E-state index is 14.0. The van der Waals surface area contributed by atoms with E-state index in [2.05, 4.69) is 15.5 Å². The first kappa shape index (κ1) is 30.0. The van der Waals surface area contributed by atoms with Gasteiger partial charge in [-0.1, -0.05) is 108 Å². The summed E-state index contributed by atoms with van der Waals surface area (Å²) in [6, 6.07) is 27.0. The van der Waals surface area contributed by atoms with Crippen LogP contribution in [0, 0.1) is 6.92 Å². The molecule has 1 unspecified atom stereocenters. The SMILES string of the molecule is Cc1sc(N)nc1C(=NOC(c1ccccc1)(c1ccccc1)c1ccccc1)C(=O)N[C@H]1C(=O)N2C(C(=O)O)=C(Cl)CCC12. The molecule has 4 aromatic rings. The van der Waals surface area contributed by atoms with Crippen LogP contribution >= 0.6 is 22.9 Å². The van der Waals surface area contributed by atoms with Crippen molar-refractivity contribution in [3.05, 3.63) is 129 Å². The Balaban J connectivity index is 1.43. The summed E-state index contributed by atoms with van der Waals surface area (Å²) >= 11 is 7.33.